The zero-order chi connectivity index (χ0) is 16.2. The molecule has 0 saturated heterocycles. The summed E-state index contributed by atoms with van der Waals surface area (Å²) >= 11 is 11.8. The summed E-state index contributed by atoms with van der Waals surface area (Å²) in [5.74, 6) is -0.469. The Morgan fingerprint density at radius 1 is 1.33 bits per heavy atom. The van der Waals surface area contributed by atoms with Crippen molar-refractivity contribution >= 4 is 48.8 Å². The zero-order valence-electron chi connectivity index (χ0n) is 11.4. The molecule has 0 radical (unpaired) electrons. The van der Waals surface area contributed by atoms with Crippen LogP contribution in [0.1, 0.15) is 17.3 Å². The zero-order valence-corrected chi connectivity index (χ0v) is 14.5. The average molecular weight is 375 g/mol. The Morgan fingerprint density at radius 3 is 2.48 bits per heavy atom. The van der Waals surface area contributed by atoms with Crippen LogP contribution in [0.15, 0.2) is 17.0 Å². The molecule has 0 aliphatic carbocycles. The minimum atomic E-state index is -4.10. The molecule has 1 aromatic rings. The van der Waals surface area contributed by atoms with Crippen LogP contribution >= 0.6 is 33.9 Å². The quantitative estimate of drug-likeness (QED) is 0.567. The topological polar surface area (TPSA) is 63.7 Å². The van der Waals surface area contributed by atoms with E-state index in [0.717, 1.165) is 6.07 Å². The summed E-state index contributed by atoms with van der Waals surface area (Å²) in [4.78, 5) is 13.3. The van der Waals surface area contributed by atoms with E-state index >= 15 is 0 Å². The molecule has 0 atom stereocenters. The van der Waals surface area contributed by atoms with E-state index in [4.69, 9.17) is 38.6 Å². The van der Waals surface area contributed by atoms with Crippen LogP contribution in [0.4, 0.5) is 0 Å². The molecule has 118 valence electrons. The van der Waals surface area contributed by atoms with Gasteiger partial charge in [0.05, 0.1) is 17.2 Å². The highest BCUT2D eigenvalue weighted by Gasteiger charge is 2.23. The van der Waals surface area contributed by atoms with Gasteiger partial charge in [0.1, 0.15) is 4.90 Å². The molecule has 1 rings (SSSR count). The Balaban J connectivity index is 3.13. The van der Waals surface area contributed by atoms with Crippen LogP contribution in [0.2, 0.25) is 10.0 Å². The largest absolute Gasteiger partial charge is 0.380 e. The lowest BCUT2D eigenvalue weighted by molar-refractivity contribution is 0.0710. The highest BCUT2D eigenvalue weighted by Crippen LogP contribution is 2.32. The van der Waals surface area contributed by atoms with E-state index in [9.17, 15) is 13.2 Å². The third-order valence-electron chi connectivity index (χ3n) is 2.62. The van der Waals surface area contributed by atoms with E-state index in [0.29, 0.717) is 19.8 Å². The standard InChI is InChI=1S/C12H14Cl3NO4S/c1-3-20-5-4-16(2)12(17)9-6-8(13)7-10(11(9)14)21(15,18)19/h6-7H,3-5H2,1-2H3. The lowest BCUT2D eigenvalue weighted by atomic mass is 10.2. The first-order valence-corrected chi connectivity index (χ1v) is 9.02. The number of nitrogens with zero attached hydrogens (tertiary/aromatic N) is 1. The molecule has 0 aliphatic heterocycles. The maximum atomic E-state index is 12.3. The Morgan fingerprint density at radius 2 is 1.95 bits per heavy atom. The third kappa shape index (κ3) is 5.00. The van der Waals surface area contributed by atoms with Crippen molar-refractivity contribution in [3.8, 4) is 0 Å². The maximum Gasteiger partial charge on any atom is 0.262 e. The predicted octanol–water partition coefficient (Wildman–Crippen LogP) is 3.03. The molecule has 0 spiro atoms. The van der Waals surface area contributed by atoms with Crippen LogP contribution < -0.4 is 0 Å². The first-order valence-electron chi connectivity index (χ1n) is 5.95. The van der Waals surface area contributed by atoms with Gasteiger partial charge in [-0.05, 0) is 19.1 Å². The maximum absolute atomic E-state index is 12.3. The van der Waals surface area contributed by atoms with Gasteiger partial charge in [0.25, 0.3) is 15.0 Å². The molecule has 1 amide bonds. The Hall–Kier alpha value is -0.530. The first kappa shape index (κ1) is 18.5. The minimum Gasteiger partial charge on any atom is -0.380 e. The van der Waals surface area contributed by atoms with E-state index in [1.807, 2.05) is 6.92 Å². The number of hydrogen-bond donors (Lipinski definition) is 0. The molecular formula is C12H14Cl3NO4S. The van der Waals surface area contributed by atoms with Crippen LogP contribution in [-0.2, 0) is 13.8 Å². The number of halogens is 3. The van der Waals surface area contributed by atoms with E-state index in [1.54, 1.807) is 7.05 Å². The van der Waals surface area contributed by atoms with Gasteiger partial charge in [-0.25, -0.2) is 8.42 Å². The first-order chi connectivity index (χ1) is 9.68. The number of rotatable bonds is 6. The summed E-state index contributed by atoms with van der Waals surface area (Å²) < 4.78 is 28.0. The van der Waals surface area contributed by atoms with Gasteiger partial charge in [-0.15, -0.1) is 0 Å². The van der Waals surface area contributed by atoms with Gasteiger partial charge in [-0.3, -0.25) is 4.79 Å². The fourth-order valence-corrected chi connectivity index (χ4v) is 3.40. The molecule has 0 saturated carbocycles. The fraction of sp³-hybridized carbons (Fsp3) is 0.417. The van der Waals surface area contributed by atoms with Crippen molar-refractivity contribution in [1.82, 2.24) is 4.90 Å². The fourth-order valence-electron chi connectivity index (χ4n) is 1.55. The predicted molar refractivity (Wildman–Crippen MR) is 83.0 cm³/mol. The second-order valence-corrected chi connectivity index (χ2v) is 7.48. The monoisotopic (exact) mass is 373 g/mol. The van der Waals surface area contributed by atoms with Crippen molar-refractivity contribution in [2.45, 2.75) is 11.8 Å². The van der Waals surface area contributed by atoms with Crippen LogP contribution in [0, 0.1) is 0 Å². The Bertz CT molecular complexity index is 634. The summed E-state index contributed by atoms with van der Waals surface area (Å²) in [5.41, 5.74) is -0.0256. The number of likely N-dealkylation sites (N-methyl/N-ethyl adjacent to an activating group) is 1. The second-order valence-electron chi connectivity index (χ2n) is 4.13. The van der Waals surface area contributed by atoms with Gasteiger partial charge in [0.2, 0.25) is 0 Å². The molecule has 0 fully saturated rings. The Kier molecular flexibility index (Phi) is 6.74. The smallest absolute Gasteiger partial charge is 0.262 e. The molecule has 1 aromatic carbocycles. The molecule has 0 bridgehead atoms. The van der Waals surface area contributed by atoms with E-state index in [1.165, 1.54) is 11.0 Å². The van der Waals surface area contributed by atoms with Crippen molar-refractivity contribution in [3.63, 3.8) is 0 Å². The molecule has 0 aromatic heterocycles. The summed E-state index contributed by atoms with van der Waals surface area (Å²) in [7, 11) is 2.73. The summed E-state index contributed by atoms with van der Waals surface area (Å²) in [6.45, 7) is 3.07. The van der Waals surface area contributed by atoms with Crippen molar-refractivity contribution in [2.75, 3.05) is 26.8 Å². The molecule has 0 aliphatic rings. The minimum absolute atomic E-state index is 0.0256. The summed E-state index contributed by atoms with van der Waals surface area (Å²) in [6, 6.07) is 2.40. The molecule has 5 nitrogen and oxygen atoms in total. The van der Waals surface area contributed by atoms with Gasteiger partial charge in [0.15, 0.2) is 0 Å². The van der Waals surface area contributed by atoms with E-state index in [-0.39, 0.29) is 20.5 Å². The van der Waals surface area contributed by atoms with E-state index in [2.05, 4.69) is 0 Å². The van der Waals surface area contributed by atoms with Crippen LogP contribution in [0.3, 0.4) is 0 Å². The van der Waals surface area contributed by atoms with Gasteiger partial charge in [0, 0.05) is 35.9 Å². The lowest BCUT2D eigenvalue weighted by Crippen LogP contribution is -2.30. The summed E-state index contributed by atoms with van der Waals surface area (Å²) in [6.07, 6.45) is 0. The van der Waals surface area contributed by atoms with Crippen molar-refractivity contribution in [1.29, 1.82) is 0 Å². The van der Waals surface area contributed by atoms with Crippen LogP contribution in [0.5, 0.6) is 0 Å². The number of hydrogen-bond acceptors (Lipinski definition) is 4. The number of benzene rings is 1. The number of carbonyl (C=O) groups is 1. The molecular weight excluding hydrogens is 361 g/mol. The van der Waals surface area contributed by atoms with Crippen LogP contribution in [0.25, 0.3) is 0 Å². The normalized spacial score (nSPS) is 11.5. The van der Waals surface area contributed by atoms with Crippen molar-refractivity contribution in [2.24, 2.45) is 0 Å². The van der Waals surface area contributed by atoms with Crippen molar-refractivity contribution in [3.05, 3.63) is 27.7 Å². The molecule has 0 unspecified atom stereocenters. The van der Waals surface area contributed by atoms with Crippen molar-refractivity contribution < 1.29 is 17.9 Å². The molecule has 0 N–H and O–H groups in total. The number of amides is 1. The van der Waals surface area contributed by atoms with Gasteiger partial charge < -0.3 is 9.64 Å². The Labute approximate surface area is 138 Å². The third-order valence-corrected chi connectivity index (χ3v) is 4.70. The highest BCUT2D eigenvalue weighted by molar-refractivity contribution is 8.13. The number of ether oxygens (including phenoxy) is 1. The number of carbonyl (C=O) groups excluding carboxylic acids is 1. The molecule has 21 heavy (non-hydrogen) atoms. The average Bonchev–Trinajstić information content (AvgIpc) is 2.39. The van der Waals surface area contributed by atoms with Gasteiger partial charge >= 0.3 is 0 Å². The molecule has 9 heteroatoms. The summed E-state index contributed by atoms with van der Waals surface area (Å²) in [5, 5.41) is -0.192. The van der Waals surface area contributed by atoms with Gasteiger partial charge in [-0.2, -0.15) is 0 Å². The van der Waals surface area contributed by atoms with Crippen LogP contribution in [-0.4, -0.2) is 46.0 Å². The lowest BCUT2D eigenvalue weighted by Gasteiger charge is -2.18. The van der Waals surface area contributed by atoms with Gasteiger partial charge in [-0.1, -0.05) is 23.2 Å². The molecule has 0 heterocycles. The SMILES string of the molecule is CCOCCN(C)C(=O)c1cc(Cl)cc(S(=O)(=O)Cl)c1Cl. The highest BCUT2D eigenvalue weighted by atomic mass is 35.7. The second kappa shape index (κ2) is 7.65. The van der Waals surface area contributed by atoms with E-state index < -0.39 is 15.0 Å².